The number of thiophene rings is 1. The van der Waals surface area contributed by atoms with E-state index >= 15 is 0 Å². The predicted octanol–water partition coefficient (Wildman–Crippen LogP) is 3.47. The van der Waals surface area contributed by atoms with E-state index in [0.29, 0.717) is 0 Å². The molecular weight excluding hydrogens is 332 g/mol. The van der Waals surface area contributed by atoms with Gasteiger partial charge in [-0.25, -0.2) is 9.97 Å². The molecule has 0 radical (unpaired) electrons. The second-order valence-corrected chi connectivity index (χ2v) is 7.59. The van der Waals surface area contributed by atoms with Crippen LogP contribution in [0.3, 0.4) is 0 Å². The summed E-state index contributed by atoms with van der Waals surface area (Å²) < 4.78 is 0. The molecule has 0 aromatic carbocycles. The molecule has 0 bridgehead atoms. The summed E-state index contributed by atoms with van der Waals surface area (Å²) in [6.45, 7) is 0.806. The number of hydrazone groups is 1. The van der Waals surface area contributed by atoms with Crippen molar-refractivity contribution < 1.29 is 0 Å². The molecule has 1 aliphatic rings. The highest BCUT2D eigenvalue weighted by Gasteiger charge is 2.26. The van der Waals surface area contributed by atoms with Gasteiger partial charge in [0.05, 0.1) is 23.0 Å². The van der Waals surface area contributed by atoms with Crippen molar-refractivity contribution in [3.05, 3.63) is 46.9 Å². The lowest BCUT2D eigenvalue weighted by Crippen LogP contribution is -2.12. The van der Waals surface area contributed by atoms with Gasteiger partial charge in [-0.1, -0.05) is 6.07 Å². The maximum absolute atomic E-state index is 4.58. The van der Waals surface area contributed by atoms with Gasteiger partial charge in [-0.3, -0.25) is 10.4 Å². The fourth-order valence-corrected chi connectivity index (χ4v) is 3.84. The summed E-state index contributed by atoms with van der Waals surface area (Å²) >= 11 is 1.76. The van der Waals surface area contributed by atoms with Gasteiger partial charge in [0.2, 0.25) is 0 Å². The lowest BCUT2D eigenvalue weighted by Gasteiger charge is -2.08. The van der Waals surface area contributed by atoms with Crippen molar-refractivity contribution in [3.63, 3.8) is 0 Å². The van der Waals surface area contributed by atoms with Crippen LogP contribution in [0.5, 0.6) is 0 Å². The van der Waals surface area contributed by atoms with E-state index in [2.05, 4.69) is 36.4 Å². The Morgan fingerprint density at radius 3 is 3.00 bits per heavy atom. The summed E-state index contributed by atoms with van der Waals surface area (Å²) in [5.41, 5.74) is 4.88. The molecule has 1 saturated carbocycles. The third-order valence-corrected chi connectivity index (χ3v) is 5.21. The molecule has 1 aliphatic carbocycles. The first-order chi connectivity index (χ1) is 12.2. The Kier molecular flexibility index (Phi) is 4.42. The number of anilines is 1. The highest BCUT2D eigenvalue weighted by Crippen LogP contribution is 2.45. The number of fused-ring (bicyclic) bond motifs is 1. The van der Waals surface area contributed by atoms with Crippen LogP contribution < -0.4 is 5.43 Å². The number of aromatic nitrogens is 3. The molecule has 0 saturated heterocycles. The molecule has 0 atom stereocenters. The van der Waals surface area contributed by atoms with Crippen molar-refractivity contribution in [1.29, 1.82) is 0 Å². The molecule has 4 rings (SSSR count). The Hall–Kier alpha value is -2.38. The highest BCUT2D eigenvalue weighted by molar-refractivity contribution is 7.18. The molecule has 3 aromatic rings. The summed E-state index contributed by atoms with van der Waals surface area (Å²) in [5.74, 6) is 1.47. The van der Waals surface area contributed by atoms with E-state index in [9.17, 15) is 0 Å². The van der Waals surface area contributed by atoms with Crippen LogP contribution in [0.2, 0.25) is 0 Å². The number of rotatable bonds is 6. The largest absolute Gasteiger partial charge is 0.304 e. The number of hydrogen-bond donors (Lipinski definition) is 1. The van der Waals surface area contributed by atoms with E-state index in [4.69, 9.17) is 0 Å². The van der Waals surface area contributed by atoms with Gasteiger partial charge < -0.3 is 4.90 Å². The minimum Gasteiger partial charge on any atom is -0.304 e. The van der Waals surface area contributed by atoms with Crippen LogP contribution in [0.4, 0.5) is 5.82 Å². The molecule has 0 amide bonds. The van der Waals surface area contributed by atoms with Gasteiger partial charge in [-0.2, -0.15) is 5.10 Å². The van der Waals surface area contributed by atoms with Crippen molar-refractivity contribution in [1.82, 2.24) is 19.9 Å². The first kappa shape index (κ1) is 16.1. The molecule has 25 heavy (non-hydrogen) atoms. The molecule has 128 valence electrons. The van der Waals surface area contributed by atoms with Gasteiger partial charge >= 0.3 is 0 Å². The quantitative estimate of drug-likeness (QED) is 0.543. The van der Waals surface area contributed by atoms with Gasteiger partial charge in [-0.15, -0.1) is 11.3 Å². The van der Waals surface area contributed by atoms with E-state index in [0.717, 1.165) is 39.9 Å². The third kappa shape index (κ3) is 3.83. The fourth-order valence-electron chi connectivity index (χ4n) is 2.67. The zero-order valence-corrected chi connectivity index (χ0v) is 15.1. The zero-order chi connectivity index (χ0) is 17.2. The number of nitrogens with one attached hydrogen (secondary N) is 1. The van der Waals surface area contributed by atoms with E-state index in [-0.39, 0.29) is 0 Å². The minimum absolute atomic E-state index is 0.721. The lowest BCUT2D eigenvalue weighted by atomic mass is 10.3. The molecule has 1 fully saturated rings. The Morgan fingerprint density at radius 2 is 2.20 bits per heavy atom. The Bertz CT molecular complexity index is 913. The molecule has 0 spiro atoms. The van der Waals surface area contributed by atoms with Crippen LogP contribution in [0.15, 0.2) is 35.7 Å². The van der Waals surface area contributed by atoms with Crippen LogP contribution in [-0.4, -0.2) is 40.2 Å². The lowest BCUT2D eigenvalue weighted by molar-refractivity contribution is 0.397. The standard InChI is InChI=1S/C18H20N6S/c1-24(2)10-14-5-3-4-13(22-14)9-21-23-17-15-8-16(12-6-7-12)25-18(15)20-11-19-17/h3-5,8-9,11-12H,6-7,10H2,1-2H3,(H,19,20,23)/b21-9+. The fraction of sp³-hybridized carbons (Fsp3) is 0.333. The Balaban J connectivity index is 1.51. The monoisotopic (exact) mass is 352 g/mol. The van der Waals surface area contributed by atoms with E-state index in [1.54, 1.807) is 23.9 Å². The van der Waals surface area contributed by atoms with Gasteiger partial charge in [0.25, 0.3) is 0 Å². The minimum atomic E-state index is 0.721. The first-order valence-corrected chi connectivity index (χ1v) is 9.15. The molecular formula is C18H20N6S. The number of hydrogen-bond acceptors (Lipinski definition) is 7. The average Bonchev–Trinajstić information content (AvgIpc) is 3.34. The summed E-state index contributed by atoms with van der Waals surface area (Å²) in [5, 5.41) is 5.36. The Labute approximate surface area is 150 Å². The van der Waals surface area contributed by atoms with Crippen LogP contribution in [-0.2, 0) is 6.54 Å². The summed E-state index contributed by atoms with van der Waals surface area (Å²) in [7, 11) is 4.06. The highest BCUT2D eigenvalue weighted by atomic mass is 32.1. The Morgan fingerprint density at radius 1 is 1.32 bits per heavy atom. The van der Waals surface area contributed by atoms with Crippen LogP contribution in [0, 0.1) is 0 Å². The topological polar surface area (TPSA) is 66.3 Å². The second-order valence-electron chi connectivity index (χ2n) is 6.53. The molecule has 3 heterocycles. The van der Waals surface area contributed by atoms with E-state index in [1.165, 1.54) is 17.7 Å². The van der Waals surface area contributed by atoms with Crippen LogP contribution in [0.25, 0.3) is 10.2 Å². The maximum atomic E-state index is 4.58. The van der Waals surface area contributed by atoms with Gasteiger partial charge in [0, 0.05) is 11.4 Å². The van der Waals surface area contributed by atoms with Crippen molar-refractivity contribution in [2.75, 3.05) is 19.5 Å². The zero-order valence-electron chi connectivity index (χ0n) is 14.3. The maximum Gasteiger partial charge on any atom is 0.158 e. The first-order valence-electron chi connectivity index (χ1n) is 8.33. The third-order valence-electron chi connectivity index (χ3n) is 4.00. The van der Waals surface area contributed by atoms with Crippen molar-refractivity contribution in [2.45, 2.75) is 25.3 Å². The summed E-state index contributed by atoms with van der Waals surface area (Å²) in [4.78, 5) is 17.8. The average molecular weight is 352 g/mol. The smallest absolute Gasteiger partial charge is 0.158 e. The molecule has 6 nitrogen and oxygen atoms in total. The normalized spacial score (nSPS) is 14.7. The van der Waals surface area contributed by atoms with E-state index < -0.39 is 0 Å². The summed E-state index contributed by atoms with van der Waals surface area (Å²) in [6, 6.07) is 8.15. The van der Waals surface area contributed by atoms with E-state index in [1.807, 2.05) is 32.3 Å². The molecule has 0 unspecified atom stereocenters. The van der Waals surface area contributed by atoms with Crippen LogP contribution >= 0.6 is 11.3 Å². The van der Waals surface area contributed by atoms with Gasteiger partial charge in [0.15, 0.2) is 5.82 Å². The van der Waals surface area contributed by atoms with Crippen LogP contribution in [0.1, 0.15) is 35.0 Å². The van der Waals surface area contributed by atoms with Gasteiger partial charge in [-0.05, 0) is 51.1 Å². The number of nitrogens with zero attached hydrogens (tertiary/aromatic N) is 5. The second kappa shape index (κ2) is 6.85. The molecule has 3 aromatic heterocycles. The van der Waals surface area contributed by atoms with Crippen molar-refractivity contribution >= 4 is 33.6 Å². The number of pyridine rings is 1. The van der Waals surface area contributed by atoms with Crippen molar-refractivity contribution in [3.8, 4) is 0 Å². The molecule has 7 heteroatoms. The SMILES string of the molecule is CN(C)Cc1cccc(/C=N/Nc2ncnc3sc(C4CC4)cc23)n1. The van der Waals surface area contributed by atoms with Gasteiger partial charge in [0.1, 0.15) is 11.2 Å². The predicted molar refractivity (Wildman–Crippen MR) is 102 cm³/mol. The molecule has 0 aliphatic heterocycles. The summed E-state index contributed by atoms with van der Waals surface area (Å²) in [6.07, 6.45) is 5.89. The molecule has 1 N–H and O–H groups in total. The van der Waals surface area contributed by atoms with Crippen molar-refractivity contribution in [2.24, 2.45) is 5.10 Å².